The number of hydrogen-bond donors (Lipinski definition) is 2. The first-order valence-corrected chi connectivity index (χ1v) is 7.39. The number of nitrogens with zero attached hydrogens (tertiary/aromatic N) is 1. The number of aliphatic carboxylic acids is 1. The van der Waals surface area contributed by atoms with Crippen molar-refractivity contribution in [3.63, 3.8) is 0 Å². The molecular formula is C16H22N2O3. The van der Waals surface area contributed by atoms with Crippen LogP contribution in [0.5, 0.6) is 0 Å². The Labute approximate surface area is 125 Å². The summed E-state index contributed by atoms with van der Waals surface area (Å²) in [5.41, 5.74) is 3.23. The van der Waals surface area contributed by atoms with Crippen molar-refractivity contribution in [2.45, 2.75) is 33.1 Å². The third-order valence-electron chi connectivity index (χ3n) is 4.11. The lowest BCUT2D eigenvalue weighted by molar-refractivity contribution is -0.143. The molecule has 0 aromatic heterocycles. The maximum absolute atomic E-state index is 12.2. The van der Waals surface area contributed by atoms with E-state index in [2.05, 4.69) is 12.2 Å². The van der Waals surface area contributed by atoms with Crippen LogP contribution in [0.2, 0.25) is 0 Å². The van der Waals surface area contributed by atoms with Gasteiger partial charge in [0.1, 0.15) is 0 Å². The van der Waals surface area contributed by atoms with Crippen LogP contribution in [0.1, 0.15) is 30.9 Å². The summed E-state index contributed by atoms with van der Waals surface area (Å²) in [6.07, 6.45) is 2.02. The van der Waals surface area contributed by atoms with Gasteiger partial charge >= 0.3 is 12.0 Å². The minimum atomic E-state index is -0.763. The SMILES string of the molecule is CCc1ccc(NC(=O)N2CCC(C(=O)O)CC2)cc1C. The average Bonchev–Trinajstić information content (AvgIpc) is 2.47. The van der Waals surface area contributed by atoms with E-state index in [1.165, 1.54) is 11.1 Å². The Morgan fingerprint density at radius 1 is 1.33 bits per heavy atom. The Hall–Kier alpha value is -2.04. The third kappa shape index (κ3) is 3.74. The van der Waals surface area contributed by atoms with Gasteiger partial charge in [0.25, 0.3) is 0 Å². The highest BCUT2D eigenvalue weighted by molar-refractivity contribution is 5.89. The molecule has 1 heterocycles. The first-order chi connectivity index (χ1) is 10.0. The van der Waals surface area contributed by atoms with Gasteiger partial charge in [-0.05, 0) is 49.4 Å². The molecule has 0 saturated carbocycles. The van der Waals surface area contributed by atoms with Crippen molar-refractivity contribution in [1.82, 2.24) is 4.90 Å². The van der Waals surface area contributed by atoms with E-state index >= 15 is 0 Å². The van der Waals surface area contributed by atoms with E-state index in [0.717, 1.165) is 12.1 Å². The maximum atomic E-state index is 12.2. The zero-order valence-corrected chi connectivity index (χ0v) is 12.6. The third-order valence-corrected chi connectivity index (χ3v) is 4.11. The van der Waals surface area contributed by atoms with Crippen LogP contribution < -0.4 is 5.32 Å². The van der Waals surface area contributed by atoms with E-state index < -0.39 is 5.97 Å². The average molecular weight is 290 g/mol. The second-order valence-corrected chi connectivity index (χ2v) is 5.52. The number of hydrogen-bond acceptors (Lipinski definition) is 2. The number of urea groups is 1. The molecule has 1 saturated heterocycles. The number of benzene rings is 1. The van der Waals surface area contributed by atoms with Crippen LogP contribution in [0.15, 0.2) is 18.2 Å². The monoisotopic (exact) mass is 290 g/mol. The summed E-state index contributed by atoms with van der Waals surface area (Å²) in [5, 5.41) is 11.8. The summed E-state index contributed by atoms with van der Waals surface area (Å²) in [5.74, 6) is -1.08. The van der Waals surface area contributed by atoms with Crippen molar-refractivity contribution in [1.29, 1.82) is 0 Å². The lowest BCUT2D eigenvalue weighted by Crippen LogP contribution is -2.42. The largest absolute Gasteiger partial charge is 0.481 e. The van der Waals surface area contributed by atoms with Gasteiger partial charge in [-0.2, -0.15) is 0 Å². The van der Waals surface area contributed by atoms with Crippen LogP contribution in [0.4, 0.5) is 10.5 Å². The Bertz CT molecular complexity index is 534. The molecule has 1 fully saturated rings. The van der Waals surface area contributed by atoms with Gasteiger partial charge in [0.15, 0.2) is 0 Å². The number of amides is 2. The Kier molecular flexibility index (Phi) is 4.83. The predicted octanol–water partition coefficient (Wildman–Crippen LogP) is 2.89. The van der Waals surface area contributed by atoms with Crippen molar-refractivity contribution >= 4 is 17.7 Å². The summed E-state index contributed by atoms with van der Waals surface area (Å²) in [6, 6.07) is 5.76. The number of anilines is 1. The van der Waals surface area contributed by atoms with E-state index in [0.29, 0.717) is 25.9 Å². The molecule has 2 amide bonds. The normalized spacial score (nSPS) is 15.8. The first-order valence-electron chi connectivity index (χ1n) is 7.39. The van der Waals surface area contributed by atoms with Crippen molar-refractivity contribution in [2.75, 3.05) is 18.4 Å². The smallest absolute Gasteiger partial charge is 0.321 e. The minimum Gasteiger partial charge on any atom is -0.481 e. The van der Waals surface area contributed by atoms with Crippen molar-refractivity contribution in [3.05, 3.63) is 29.3 Å². The van der Waals surface area contributed by atoms with Crippen LogP contribution in [0.3, 0.4) is 0 Å². The van der Waals surface area contributed by atoms with Gasteiger partial charge in [0, 0.05) is 18.8 Å². The number of carbonyl (C=O) groups is 2. The molecule has 1 aromatic rings. The maximum Gasteiger partial charge on any atom is 0.321 e. The van der Waals surface area contributed by atoms with Gasteiger partial charge in [-0.15, -0.1) is 0 Å². The molecule has 21 heavy (non-hydrogen) atoms. The molecule has 1 aliphatic heterocycles. The van der Waals surface area contributed by atoms with E-state index in [4.69, 9.17) is 5.11 Å². The molecule has 0 aliphatic carbocycles. The van der Waals surface area contributed by atoms with E-state index in [9.17, 15) is 9.59 Å². The topological polar surface area (TPSA) is 69.6 Å². The van der Waals surface area contributed by atoms with Crippen molar-refractivity contribution in [2.24, 2.45) is 5.92 Å². The molecule has 5 heteroatoms. The highest BCUT2D eigenvalue weighted by Crippen LogP contribution is 2.20. The first kappa shape index (κ1) is 15.4. The fourth-order valence-corrected chi connectivity index (χ4v) is 2.70. The molecule has 5 nitrogen and oxygen atoms in total. The second kappa shape index (κ2) is 6.61. The van der Waals surface area contributed by atoms with E-state index in [1.54, 1.807) is 4.90 Å². The summed E-state index contributed by atoms with van der Waals surface area (Å²) in [4.78, 5) is 24.8. The molecule has 1 aromatic carbocycles. The summed E-state index contributed by atoms with van der Waals surface area (Å²) in [6.45, 7) is 5.13. The van der Waals surface area contributed by atoms with Crippen molar-refractivity contribution in [3.8, 4) is 0 Å². The Balaban J connectivity index is 1.93. The molecule has 2 rings (SSSR count). The lowest BCUT2D eigenvalue weighted by Gasteiger charge is -2.30. The highest BCUT2D eigenvalue weighted by Gasteiger charge is 2.26. The molecular weight excluding hydrogens is 268 g/mol. The predicted molar refractivity (Wildman–Crippen MR) is 81.5 cm³/mol. The molecule has 0 spiro atoms. The van der Waals surface area contributed by atoms with Gasteiger partial charge in [0.05, 0.1) is 5.92 Å². The zero-order chi connectivity index (χ0) is 15.4. The standard InChI is InChI=1S/C16H22N2O3/c1-3-12-4-5-14(10-11(12)2)17-16(21)18-8-6-13(7-9-18)15(19)20/h4-5,10,13H,3,6-9H2,1-2H3,(H,17,21)(H,19,20). The van der Waals surface area contributed by atoms with Crippen LogP contribution in [-0.2, 0) is 11.2 Å². The number of nitrogens with one attached hydrogen (secondary N) is 1. The second-order valence-electron chi connectivity index (χ2n) is 5.52. The zero-order valence-electron chi connectivity index (χ0n) is 12.6. The van der Waals surface area contributed by atoms with Gasteiger partial charge in [0.2, 0.25) is 0 Å². The molecule has 0 unspecified atom stereocenters. The fourth-order valence-electron chi connectivity index (χ4n) is 2.70. The quantitative estimate of drug-likeness (QED) is 0.899. The summed E-state index contributed by atoms with van der Waals surface area (Å²) >= 11 is 0. The van der Waals surface area contributed by atoms with E-state index in [-0.39, 0.29) is 11.9 Å². The molecule has 0 atom stereocenters. The number of aryl methyl sites for hydroxylation is 2. The number of carboxylic acid groups (broad SMARTS) is 1. The van der Waals surface area contributed by atoms with Crippen LogP contribution >= 0.6 is 0 Å². The minimum absolute atomic E-state index is 0.150. The fraction of sp³-hybridized carbons (Fsp3) is 0.500. The molecule has 1 aliphatic rings. The number of piperidine rings is 1. The Morgan fingerprint density at radius 2 is 2.00 bits per heavy atom. The number of carboxylic acids is 1. The van der Waals surface area contributed by atoms with E-state index in [1.807, 2.05) is 25.1 Å². The highest BCUT2D eigenvalue weighted by atomic mass is 16.4. The van der Waals surface area contributed by atoms with Gasteiger partial charge in [-0.1, -0.05) is 13.0 Å². The molecule has 0 radical (unpaired) electrons. The van der Waals surface area contributed by atoms with Gasteiger partial charge in [-0.25, -0.2) is 4.79 Å². The molecule has 0 bridgehead atoms. The van der Waals surface area contributed by atoms with Crippen molar-refractivity contribution < 1.29 is 14.7 Å². The van der Waals surface area contributed by atoms with Crippen LogP contribution in [0.25, 0.3) is 0 Å². The van der Waals surface area contributed by atoms with Crippen LogP contribution in [-0.4, -0.2) is 35.1 Å². The van der Waals surface area contributed by atoms with Gasteiger partial charge < -0.3 is 15.3 Å². The van der Waals surface area contributed by atoms with Gasteiger partial charge in [-0.3, -0.25) is 4.79 Å². The number of rotatable bonds is 3. The number of likely N-dealkylation sites (tertiary alicyclic amines) is 1. The van der Waals surface area contributed by atoms with Crippen LogP contribution in [0, 0.1) is 12.8 Å². The molecule has 114 valence electrons. The lowest BCUT2D eigenvalue weighted by atomic mass is 9.97. The summed E-state index contributed by atoms with van der Waals surface area (Å²) < 4.78 is 0. The molecule has 2 N–H and O–H groups in total. The summed E-state index contributed by atoms with van der Waals surface area (Å²) in [7, 11) is 0. The number of carbonyl (C=O) groups excluding carboxylic acids is 1. The Morgan fingerprint density at radius 3 is 2.52 bits per heavy atom.